The number of sulfonamides is 1. The summed E-state index contributed by atoms with van der Waals surface area (Å²) in [5.41, 5.74) is 5.79. The standard InChI is InChI=1S/C19H28N2O2S/c1-14(2)18(13-20)9-8-15(3)21-24(22,23)19-11-10-16-6-4-5-7-17(16)12-19/h4-7,10-12,14-15,18,21H,8-9,13,20H2,1-3H3/t15-,18-/m1/s1. The summed E-state index contributed by atoms with van der Waals surface area (Å²) >= 11 is 0. The predicted octanol–water partition coefficient (Wildman–Crippen LogP) is 3.52. The number of hydrogen-bond acceptors (Lipinski definition) is 3. The molecule has 0 fully saturated rings. The van der Waals surface area contributed by atoms with Crippen LogP contribution in [-0.4, -0.2) is 21.0 Å². The molecule has 132 valence electrons. The molecule has 0 radical (unpaired) electrons. The number of rotatable bonds is 8. The first-order valence-corrected chi connectivity index (χ1v) is 10.0. The van der Waals surface area contributed by atoms with Crippen molar-refractivity contribution >= 4 is 20.8 Å². The summed E-state index contributed by atoms with van der Waals surface area (Å²) in [5, 5.41) is 1.96. The van der Waals surface area contributed by atoms with Crippen molar-refractivity contribution < 1.29 is 8.42 Å². The van der Waals surface area contributed by atoms with Crippen LogP contribution in [0, 0.1) is 11.8 Å². The van der Waals surface area contributed by atoms with Gasteiger partial charge in [0.05, 0.1) is 4.90 Å². The lowest BCUT2D eigenvalue weighted by atomic mass is 9.90. The van der Waals surface area contributed by atoms with Gasteiger partial charge in [-0.3, -0.25) is 0 Å². The van der Waals surface area contributed by atoms with E-state index >= 15 is 0 Å². The molecule has 0 aliphatic heterocycles. The number of fused-ring (bicyclic) bond motifs is 1. The van der Waals surface area contributed by atoms with Gasteiger partial charge in [0, 0.05) is 6.04 Å². The molecule has 0 saturated heterocycles. The van der Waals surface area contributed by atoms with Crippen LogP contribution in [0.15, 0.2) is 47.4 Å². The molecule has 24 heavy (non-hydrogen) atoms. The Morgan fingerprint density at radius 3 is 2.29 bits per heavy atom. The van der Waals surface area contributed by atoms with E-state index in [0.717, 1.165) is 23.6 Å². The highest BCUT2D eigenvalue weighted by atomic mass is 32.2. The zero-order chi connectivity index (χ0) is 17.7. The lowest BCUT2D eigenvalue weighted by Crippen LogP contribution is -2.33. The van der Waals surface area contributed by atoms with Crippen LogP contribution in [-0.2, 0) is 10.0 Å². The number of benzene rings is 2. The number of hydrogen-bond donors (Lipinski definition) is 2. The molecule has 2 rings (SSSR count). The summed E-state index contributed by atoms with van der Waals surface area (Å²) in [7, 11) is -3.51. The SMILES string of the molecule is CC(C)[C@@H](CN)CC[C@@H](C)NS(=O)(=O)c1ccc2ccccc2c1. The molecule has 0 aromatic heterocycles. The minimum absolute atomic E-state index is 0.116. The van der Waals surface area contributed by atoms with Gasteiger partial charge in [0.25, 0.3) is 0 Å². The van der Waals surface area contributed by atoms with Gasteiger partial charge < -0.3 is 5.73 Å². The summed E-state index contributed by atoms with van der Waals surface area (Å²) in [6, 6.07) is 12.9. The first-order valence-electron chi connectivity index (χ1n) is 8.54. The molecule has 0 saturated carbocycles. The van der Waals surface area contributed by atoms with Crippen LogP contribution in [0.3, 0.4) is 0 Å². The summed E-state index contributed by atoms with van der Waals surface area (Å²) in [5.74, 6) is 0.942. The van der Waals surface area contributed by atoms with Crippen LogP contribution >= 0.6 is 0 Å². The Balaban J connectivity index is 2.06. The van der Waals surface area contributed by atoms with Gasteiger partial charge >= 0.3 is 0 Å². The predicted molar refractivity (Wildman–Crippen MR) is 100 cm³/mol. The van der Waals surface area contributed by atoms with Gasteiger partial charge in [-0.05, 0) is 61.1 Å². The summed E-state index contributed by atoms with van der Waals surface area (Å²) in [6.45, 7) is 6.86. The minimum atomic E-state index is -3.51. The lowest BCUT2D eigenvalue weighted by Gasteiger charge is -2.21. The van der Waals surface area contributed by atoms with Crippen LogP contribution in [0.25, 0.3) is 10.8 Å². The quantitative estimate of drug-likeness (QED) is 0.767. The Morgan fingerprint density at radius 1 is 1.00 bits per heavy atom. The third-order valence-electron chi connectivity index (χ3n) is 4.60. The number of nitrogens with one attached hydrogen (secondary N) is 1. The van der Waals surface area contributed by atoms with E-state index < -0.39 is 10.0 Å². The molecule has 3 N–H and O–H groups in total. The molecule has 2 aromatic rings. The fourth-order valence-corrected chi connectivity index (χ4v) is 4.23. The zero-order valence-electron chi connectivity index (χ0n) is 14.7. The van der Waals surface area contributed by atoms with Crippen LogP contribution < -0.4 is 10.5 Å². The van der Waals surface area contributed by atoms with E-state index in [9.17, 15) is 8.42 Å². The van der Waals surface area contributed by atoms with E-state index in [4.69, 9.17) is 5.73 Å². The fraction of sp³-hybridized carbons (Fsp3) is 0.474. The van der Waals surface area contributed by atoms with Crippen molar-refractivity contribution in [3.05, 3.63) is 42.5 Å². The van der Waals surface area contributed by atoms with Gasteiger partial charge in [0.15, 0.2) is 0 Å². The molecule has 0 amide bonds. The highest BCUT2D eigenvalue weighted by molar-refractivity contribution is 7.89. The molecule has 5 heteroatoms. The minimum Gasteiger partial charge on any atom is -0.330 e. The van der Waals surface area contributed by atoms with Crippen molar-refractivity contribution in [2.24, 2.45) is 17.6 Å². The van der Waals surface area contributed by atoms with Gasteiger partial charge in [-0.1, -0.05) is 44.2 Å². The Morgan fingerprint density at radius 2 is 1.67 bits per heavy atom. The van der Waals surface area contributed by atoms with E-state index in [0.29, 0.717) is 23.3 Å². The third-order valence-corrected chi connectivity index (χ3v) is 6.19. The molecule has 4 nitrogen and oxygen atoms in total. The molecule has 2 aromatic carbocycles. The Bertz CT molecular complexity index is 772. The van der Waals surface area contributed by atoms with Gasteiger partial charge in [0.2, 0.25) is 10.0 Å². The summed E-state index contributed by atoms with van der Waals surface area (Å²) in [6.07, 6.45) is 1.71. The zero-order valence-corrected chi connectivity index (χ0v) is 15.5. The van der Waals surface area contributed by atoms with Crippen molar-refractivity contribution in [2.75, 3.05) is 6.54 Å². The Kier molecular flexibility index (Phi) is 6.38. The highest BCUT2D eigenvalue weighted by Gasteiger charge is 2.19. The van der Waals surface area contributed by atoms with Crippen molar-refractivity contribution in [1.29, 1.82) is 0 Å². The monoisotopic (exact) mass is 348 g/mol. The second-order valence-corrected chi connectivity index (χ2v) is 8.56. The average Bonchev–Trinajstić information content (AvgIpc) is 2.54. The topological polar surface area (TPSA) is 72.2 Å². The van der Waals surface area contributed by atoms with Gasteiger partial charge in [-0.2, -0.15) is 0 Å². The average molecular weight is 349 g/mol. The normalized spacial score (nSPS) is 14.9. The van der Waals surface area contributed by atoms with Crippen LogP contribution in [0.1, 0.15) is 33.6 Å². The molecule has 0 unspecified atom stereocenters. The smallest absolute Gasteiger partial charge is 0.240 e. The molecule has 0 aliphatic carbocycles. The van der Waals surface area contributed by atoms with Crippen molar-refractivity contribution in [3.8, 4) is 0 Å². The molecule has 0 spiro atoms. The van der Waals surface area contributed by atoms with Gasteiger partial charge in [-0.15, -0.1) is 0 Å². The lowest BCUT2D eigenvalue weighted by molar-refractivity contribution is 0.346. The molecule has 2 atom stereocenters. The van der Waals surface area contributed by atoms with E-state index in [-0.39, 0.29) is 6.04 Å². The summed E-state index contributed by atoms with van der Waals surface area (Å²) in [4.78, 5) is 0.312. The Hall–Kier alpha value is -1.43. The number of nitrogens with two attached hydrogens (primary N) is 1. The van der Waals surface area contributed by atoms with E-state index in [2.05, 4.69) is 18.6 Å². The molecular weight excluding hydrogens is 320 g/mol. The van der Waals surface area contributed by atoms with E-state index in [1.807, 2.05) is 37.3 Å². The van der Waals surface area contributed by atoms with E-state index in [1.165, 1.54) is 0 Å². The van der Waals surface area contributed by atoms with Crippen LogP contribution in [0.4, 0.5) is 0 Å². The third kappa shape index (κ3) is 4.79. The largest absolute Gasteiger partial charge is 0.330 e. The van der Waals surface area contributed by atoms with Crippen LogP contribution in [0.5, 0.6) is 0 Å². The van der Waals surface area contributed by atoms with E-state index in [1.54, 1.807) is 12.1 Å². The van der Waals surface area contributed by atoms with Gasteiger partial charge in [0.1, 0.15) is 0 Å². The first-order chi connectivity index (χ1) is 11.3. The molecule has 0 bridgehead atoms. The maximum absolute atomic E-state index is 12.6. The molecular formula is C19H28N2O2S. The molecule has 0 heterocycles. The van der Waals surface area contributed by atoms with Crippen molar-refractivity contribution in [2.45, 2.75) is 44.6 Å². The summed E-state index contributed by atoms with van der Waals surface area (Å²) < 4.78 is 28.0. The Labute approximate surface area is 145 Å². The van der Waals surface area contributed by atoms with Gasteiger partial charge in [-0.25, -0.2) is 13.1 Å². The van der Waals surface area contributed by atoms with Crippen molar-refractivity contribution in [3.63, 3.8) is 0 Å². The second-order valence-electron chi connectivity index (χ2n) is 6.85. The van der Waals surface area contributed by atoms with Crippen molar-refractivity contribution in [1.82, 2.24) is 4.72 Å². The maximum Gasteiger partial charge on any atom is 0.240 e. The highest BCUT2D eigenvalue weighted by Crippen LogP contribution is 2.20. The first kappa shape index (κ1) is 18.9. The molecule has 0 aliphatic rings. The fourth-order valence-electron chi connectivity index (χ4n) is 2.91. The van der Waals surface area contributed by atoms with Crippen LogP contribution in [0.2, 0.25) is 0 Å². The second kappa shape index (κ2) is 8.10. The maximum atomic E-state index is 12.6.